The molecule has 0 spiro atoms. The lowest BCUT2D eigenvalue weighted by Crippen LogP contribution is -2.37. The van der Waals surface area contributed by atoms with Crippen molar-refractivity contribution in [1.82, 2.24) is 4.57 Å². The van der Waals surface area contributed by atoms with Crippen LogP contribution in [-0.2, 0) is 20.3 Å². The van der Waals surface area contributed by atoms with Gasteiger partial charge in [0.25, 0.3) is 0 Å². The third-order valence-corrected chi connectivity index (χ3v) is 6.50. The van der Waals surface area contributed by atoms with Crippen LogP contribution in [0.5, 0.6) is 0 Å². The van der Waals surface area contributed by atoms with Gasteiger partial charge in [-0.15, -0.1) is 0 Å². The predicted molar refractivity (Wildman–Crippen MR) is 122 cm³/mol. The summed E-state index contributed by atoms with van der Waals surface area (Å²) in [7, 11) is -3.44. The van der Waals surface area contributed by atoms with E-state index in [1.807, 2.05) is 55.6 Å². The molecule has 1 aliphatic heterocycles. The van der Waals surface area contributed by atoms with E-state index in [-0.39, 0.29) is 0 Å². The Morgan fingerprint density at radius 1 is 1.23 bits per heavy atom. The van der Waals surface area contributed by atoms with Gasteiger partial charge in [-0.25, -0.2) is 8.42 Å². The van der Waals surface area contributed by atoms with Crippen molar-refractivity contribution < 1.29 is 13.2 Å². The number of sulfonamides is 1. The molecule has 8 heteroatoms. The van der Waals surface area contributed by atoms with Gasteiger partial charge in [0, 0.05) is 23.0 Å². The van der Waals surface area contributed by atoms with E-state index in [2.05, 4.69) is 15.4 Å². The van der Waals surface area contributed by atoms with Crippen LogP contribution in [0.1, 0.15) is 25.3 Å². The summed E-state index contributed by atoms with van der Waals surface area (Å²) < 4.78 is 34.4. The SMILES string of the molecule is CCC(C1=C(C#N)CCO1)(c1ccc(Cl)cc1)n1ccc2c(NS(C)(=O)=O)cccc21. The van der Waals surface area contributed by atoms with Crippen LogP contribution in [0.25, 0.3) is 10.9 Å². The number of nitrogens with one attached hydrogen (secondary N) is 1. The summed E-state index contributed by atoms with van der Waals surface area (Å²) in [6, 6.07) is 17.2. The zero-order chi connectivity index (χ0) is 22.2. The van der Waals surface area contributed by atoms with Gasteiger partial charge in [0.05, 0.1) is 35.7 Å². The molecule has 3 aromatic rings. The van der Waals surface area contributed by atoms with Crippen molar-refractivity contribution in [2.45, 2.75) is 25.3 Å². The van der Waals surface area contributed by atoms with Gasteiger partial charge in [-0.05, 0) is 42.3 Å². The molecule has 160 valence electrons. The number of fused-ring (bicyclic) bond motifs is 1. The van der Waals surface area contributed by atoms with Gasteiger partial charge in [0.1, 0.15) is 11.3 Å². The summed E-state index contributed by atoms with van der Waals surface area (Å²) in [4.78, 5) is 0. The summed E-state index contributed by atoms with van der Waals surface area (Å²) in [5.74, 6) is 0.624. The summed E-state index contributed by atoms with van der Waals surface area (Å²) >= 11 is 6.16. The molecule has 0 radical (unpaired) electrons. The number of aromatic nitrogens is 1. The second-order valence-corrected chi connectivity index (χ2v) is 9.72. The molecule has 1 unspecified atom stereocenters. The van der Waals surface area contributed by atoms with Crippen molar-refractivity contribution >= 4 is 38.2 Å². The largest absolute Gasteiger partial charge is 0.494 e. The van der Waals surface area contributed by atoms with E-state index in [0.717, 1.165) is 22.7 Å². The Balaban J connectivity index is 2.04. The average Bonchev–Trinajstić information content (AvgIpc) is 3.38. The van der Waals surface area contributed by atoms with Crippen LogP contribution in [0.2, 0.25) is 5.02 Å². The lowest BCUT2D eigenvalue weighted by molar-refractivity contribution is 0.172. The van der Waals surface area contributed by atoms with E-state index in [0.29, 0.717) is 41.5 Å². The molecule has 2 heterocycles. The van der Waals surface area contributed by atoms with E-state index in [1.165, 1.54) is 0 Å². The first-order chi connectivity index (χ1) is 14.8. The highest BCUT2D eigenvalue weighted by Gasteiger charge is 2.43. The van der Waals surface area contributed by atoms with Gasteiger partial charge in [0.2, 0.25) is 10.0 Å². The molecule has 6 nitrogen and oxygen atoms in total. The number of nitrogens with zero attached hydrogens (tertiary/aromatic N) is 2. The predicted octanol–water partition coefficient (Wildman–Crippen LogP) is 5.02. The Bertz CT molecular complexity index is 1320. The minimum absolute atomic E-state index is 0.452. The van der Waals surface area contributed by atoms with Crippen molar-refractivity contribution in [2.24, 2.45) is 0 Å². The van der Waals surface area contributed by atoms with Crippen molar-refractivity contribution in [2.75, 3.05) is 17.6 Å². The fourth-order valence-corrected chi connectivity index (χ4v) is 5.06. The molecule has 0 fully saturated rings. The summed E-state index contributed by atoms with van der Waals surface area (Å²) in [6.45, 7) is 2.50. The first-order valence-electron chi connectivity index (χ1n) is 9.91. The van der Waals surface area contributed by atoms with Crippen LogP contribution in [0.3, 0.4) is 0 Å². The van der Waals surface area contributed by atoms with E-state index >= 15 is 0 Å². The van der Waals surface area contributed by atoms with Crippen LogP contribution in [0.4, 0.5) is 5.69 Å². The number of anilines is 1. The number of allylic oxidation sites excluding steroid dienone is 1. The molecule has 0 aliphatic carbocycles. The van der Waals surface area contributed by atoms with Gasteiger partial charge >= 0.3 is 0 Å². The van der Waals surface area contributed by atoms with Gasteiger partial charge in [-0.2, -0.15) is 5.26 Å². The van der Waals surface area contributed by atoms with Crippen molar-refractivity contribution in [3.63, 3.8) is 0 Å². The summed E-state index contributed by atoms with van der Waals surface area (Å²) in [5.41, 5.74) is 2.09. The fourth-order valence-electron chi connectivity index (χ4n) is 4.36. The van der Waals surface area contributed by atoms with Gasteiger partial charge in [-0.3, -0.25) is 4.72 Å². The third-order valence-electron chi connectivity index (χ3n) is 5.66. The van der Waals surface area contributed by atoms with E-state index in [4.69, 9.17) is 16.3 Å². The number of rotatable bonds is 6. The van der Waals surface area contributed by atoms with E-state index in [9.17, 15) is 13.7 Å². The average molecular weight is 456 g/mol. The lowest BCUT2D eigenvalue weighted by atomic mass is 9.82. The highest BCUT2D eigenvalue weighted by molar-refractivity contribution is 7.92. The molecule has 1 atom stereocenters. The molecule has 31 heavy (non-hydrogen) atoms. The summed E-state index contributed by atoms with van der Waals surface area (Å²) in [5, 5.41) is 11.2. The number of hydrogen-bond acceptors (Lipinski definition) is 4. The molecular weight excluding hydrogens is 434 g/mol. The molecular formula is C23H22ClN3O3S. The quantitative estimate of drug-likeness (QED) is 0.565. The van der Waals surface area contributed by atoms with Crippen LogP contribution in [0, 0.1) is 11.3 Å². The maximum absolute atomic E-state index is 11.9. The van der Waals surface area contributed by atoms with Crippen molar-refractivity contribution in [3.8, 4) is 6.07 Å². The summed E-state index contributed by atoms with van der Waals surface area (Å²) in [6.07, 6.45) is 4.22. The number of ether oxygens (including phenoxy) is 1. The monoisotopic (exact) mass is 455 g/mol. The fraction of sp³-hybridized carbons (Fsp3) is 0.261. The minimum atomic E-state index is -3.44. The van der Waals surface area contributed by atoms with Crippen molar-refractivity contribution in [1.29, 1.82) is 5.26 Å². The smallest absolute Gasteiger partial charge is 0.229 e. The second-order valence-electron chi connectivity index (χ2n) is 7.54. The molecule has 0 saturated carbocycles. The third kappa shape index (κ3) is 3.67. The first-order valence-corrected chi connectivity index (χ1v) is 12.2. The number of benzene rings is 2. The zero-order valence-electron chi connectivity index (χ0n) is 17.2. The van der Waals surface area contributed by atoms with E-state index in [1.54, 1.807) is 6.07 Å². The van der Waals surface area contributed by atoms with Gasteiger partial charge in [0.15, 0.2) is 0 Å². The Morgan fingerprint density at radius 3 is 2.61 bits per heavy atom. The maximum atomic E-state index is 11.9. The van der Waals surface area contributed by atoms with Crippen LogP contribution in [-0.4, -0.2) is 25.8 Å². The highest BCUT2D eigenvalue weighted by Crippen LogP contribution is 2.45. The zero-order valence-corrected chi connectivity index (χ0v) is 18.8. The molecule has 0 amide bonds. The molecule has 1 aromatic heterocycles. The van der Waals surface area contributed by atoms with Crippen LogP contribution < -0.4 is 4.72 Å². The second kappa shape index (κ2) is 7.95. The molecule has 4 rings (SSSR count). The van der Waals surface area contributed by atoms with E-state index < -0.39 is 15.6 Å². The van der Waals surface area contributed by atoms with Crippen molar-refractivity contribution in [3.05, 3.63) is 76.6 Å². The lowest BCUT2D eigenvalue weighted by Gasteiger charge is -2.37. The number of nitriles is 1. The Morgan fingerprint density at radius 2 is 1.97 bits per heavy atom. The number of hydrogen-bond donors (Lipinski definition) is 1. The maximum Gasteiger partial charge on any atom is 0.229 e. The molecule has 0 saturated heterocycles. The molecule has 0 bridgehead atoms. The van der Waals surface area contributed by atoms with Crippen LogP contribution in [0.15, 0.2) is 66.1 Å². The minimum Gasteiger partial charge on any atom is -0.494 e. The Labute approximate surface area is 186 Å². The normalized spacial score (nSPS) is 16.1. The molecule has 2 aromatic carbocycles. The number of halogens is 1. The van der Waals surface area contributed by atoms with Gasteiger partial charge < -0.3 is 9.30 Å². The molecule has 1 aliphatic rings. The Kier molecular flexibility index (Phi) is 5.46. The topological polar surface area (TPSA) is 84.1 Å². The first kappa shape index (κ1) is 21.3. The van der Waals surface area contributed by atoms with Gasteiger partial charge in [-0.1, -0.05) is 36.7 Å². The Hall–Kier alpha value is -2.95. The standard InChI is InChI=1S/C23H22ClN3O3S/c1-3-23(17-7-9-18(24)10-8-17,22-16(15-25)12-14-30-22)27-13-11-19-20(26-31(2,28)29)5-4-6-21(19)27/h4-11,13,26H,3,12,14H2,1-2H3. The molecule has 1 N–H and O–H groups in total. The highest BCUT2D eigenvalue weighted by atomic mass is 35.5. The van der Waals surface area contributed by atoms with Crippen LogP contribution >= 0.6 is 11.6 Å².